The number of hydrogen-bond donors (Lipinski definition) is 0. The van der Waals surface area contributed by atoms with E-state index in [1.807, 2.05) is 12.2 Å². The number of ketones is 2. The van der Waals surface area contributed by atoms with Gasteiger partial charge >= 0.3 is 0 Å². The van der Waals surface area contributed by atoms with Gasteiger partial charge in [-0.05, 0) is 51.4 Å². The number of carbonyl (C=O) groups is 2. The third-order valence-corrected chi connectivity index (χ3v) is 6.42. The van der Waals surface area contributed by atoms with Crippen molar-refractivity contribution in [3.63, 3.8) is 0 Å². The fourth-order valence-corrected chi connectivity index (χ4v) is 4.30. The first kappa shape index (κ1) is 26.3. The predicted octanol–water partition coefficient (Wildman–Crippen LogP) is 7.97. The Morgan fingerprint density at radius 3 is 1.47 bits per heavy atom. The predicted molar refractivity (Wildman–Crippen MR) is 136 cm³/mol. The lowest BCUT2D eigenvalue weighted by atomic mass is 9.66. The molecule has 0 radical (unpaired) electrons. The first-order valence-electron chi connectivity index (χ1n) is 11.9. The summed E-state index contributed by atoms with van der Waals surface area (Å²) in [5.41, 5.74) is 4.11. The van der Waals surface area contributed by atoms with E-state index in [2.05, 4.69) is 101 Å². The normalized spacial score (nSPS) is 22.6. The first-order chi connectivity index (χ1) is 14.2. The van der Waals surface area contributed by atoms with Gasteiger partial charge in [0.15, 0.2) is 11.6 Å². The SMILES string of the molecule is CC(C)(C)C1=CC(=C/C=C2\C=C(C(C)(C)C)C(=O)C(C(C)(C)C)C2)C=C(C(C)(C)C)C1=O. The van der Waals surface area contributed by atoms with Crippen LogP contribution in [-0.4, -0.2) is 11.6 Å². The van der Waals surface area contributed by atoms with Crippen molar-refractivity contribution in [3.05, 3.63) is 58.2 Å². The molecule has 0 aromatic heterocycles. The third kappa shape index (κ3) is 5.88. The van der Waals surface area contributed by atoms with Crippen LogP contribution in [0.4, 0.5) is 0 Å². The Hall–Kier alpha value is -1.96. The smallest absolute Gasteiger partial charge is 0.186 e. The van der Waals surface area contributed by atoms with Crippen LogP contribution in [0, 0.1) is 27.6 Å². The van der Waals surface area contributed by atoms with Gasteiger partial charge in [-0.2, -0.15) is 0 Å². The molecule has 176 valence electrons. The van der Waals surface area contributed by atoms with Gasteiger partial charge in [0.25, 0.3) is 0 Å². The van der Waals surface area contributed by atoms with Crippen LogP contribution in [0.15, 0.2) is 58.2 Å². The Balaban J connectivity index is 2.62. The van der Waals surface area contributed by atoms with Crippen molar-refractivity contribution in [1.29, 1.82) is 0 Å². The summed E-state index contributed by atoms with van der Waals surface area (Å²) in [5.74, 6) is 0.407. The van der Waals surface area contributed by atoms with Crippen LogP contribution in [0.5, 0.6) is 0 Å². The van der Waals surface area contributed by atoms with Crippen molar-refractivity contribution in [3.8, 4) is 0 Å². The van der Waals surface area contributed by atoms with Crippen molar-refractivity contribution >= 4 is 11.6 Å². The second kappa shape index (κ2) is 8.43. The fraction of sp³-hybridized carbons (Fsp3) is 0.600. The molecule has 1 unspecified atom stereocenters. The summed E-state index contributed by atoms with van der Waals surface area (Å²) < 4.78 is 0. The highest BCUT2D eigenvalue weighted by molar-refractivity contribution is 6.11. The summed E-state index contributed by atoms with van der Waals surface area (Å²) in [6.07, 6.45) is 11.2. The molecule has 32 heavy (non-hydrogen) atoms. The molecule has 0 aromatic carbocycles. The van der Waals surface area contributed by atoms with Gasteiger partial charge in [-0.25, -0.2) is 0 Å². The highest BCUT2D eigenvalue weighted by Crippen LogP contribution is 2.43. The van der Waals surface area contributed by atoms with Gasteiger partial charge < -0.3 is 0 Å². The highest BCUT2D eigenvalue weighted by atomic mass is 16.1. The van der Waals surface area contributed by atoms with Crippen LogP contribution in [0.1, 0.15) is 89.5 Å². The molecule has 0 fully saturated rings. The van der Waals surface area contributed by atoms with Crippen LogP contribution in [0.25, 0.3) is 0 Å². The van der Waals surface area contributed by atoms with Gasteiger partial charge in [0.05, 0.1) is 0 Å². The first-order valence-corrected chi connectivity index (χ1v) is 11.9. The molecule has 0 bridgehead atoms. The van der Waals surface area contributed by atoms with E-state index in [9.17, 15) is 9.59 Å². The molecule has 0 aliphatic heterocycles. The van der Waals surface area contributed by atoms with Gasteiger partial charge in [0, 0.05) is 22.6 Å². The Bertz CT molecular complexity index is 910. The molecule has 1 atom stereocenters. The van der Waals surface area contributed by atoms with Crippen LogP contribution < -0.4 is 0 Å². The Kier molecular flexibility index (Phi) is 6.93. The molecule has 2 nitrogen and oxygen atoms in total. The summed E-state index contributed by atoms with van der Waals surface area (Å²) >= 11 is 0. The van der Waals surface area contributed by atoms with E-state index in [0.29, 0.717) is 0 Å². The van der Waals surface area contributed by atoms with Crippen molar-refractivity contribution < 1.29 is 9.59 Å². The zero-order valence-corrected chi connectivity index (χ0v) is 22.5. The lowest BCUT2D eigenvalue weighted by molar-refractivity contribution is -0.123. The molecule has 0 heterocycles. The number of carbonyl (C=O) groups excluding carboxylic acids is 2. The van der Waals surface area contributed by atoms with E-state index < -0.39 is 0 Å². The van der Waals surface area contributed by atoms with Crippen molar-refractivity contribution in [1.82, 2.24) is 0 Å². The molecule has 2 aliphatic carbocycles. The molecule has 0 aromatic rings. The van der Waals surface area contributed by atoms with Gasteiger partial charge in [-0.3, -0.25) is 9.59 Å². The van der Waals surface area contributed by atoms with Gasteiger partial charge in [0.1, 0.15) is 0 Å². The second-order valence-electron chi connectivity index (χ2n) is 13.6. The van der Waals surface area contributed by atoms with E-state index >= 15 is 0 Å². The van der Waals surface area contributed by atoms with E-state index in [-0.39, 0.29) is 39.1 Å². The largest absolute Gasteiger partial charge is 0.294 e. The summed E-state index contributed by atoms with van der Waals surface area (Å²) in [5, 5.41) is 0. The summed E-state index contributed by atoms with van der Waals surface area (Å²) in [6.45, 7) is 25.4. The third-order valence-electron chi connectivity index (χ3n) is 6.42. The Morgan fingerprint density at radius 1 is 0.656 bits per heavy atom. The molecule has 2 rings (SSSR count). The average molecular weight is 437 g/mol. The fourth-order valence-electron chi connectivity index (χ4n) is 4.30. The minimum absolute atomic E-state index is 0.0272. The van der Waals surface area contributed by atoms with E-state index in [4.69, 9.17) is 0 Å². The van der Waals surface area contributed by atoms with Gasteiger partial charge in [-0.1, -0.05) is 101 Å². The lowest BCUT2D eigenvalue weighted by Crippen LogP contribution is -2.36. The topological polar surface area (TPSA) is 34.1 Å². The molecule has 2 aliphatic rings. The standard InChI is InChI=1S/C30H44O2/c1-27(2,3)21-15-19(16-22(25(21)31)28(4,5)6)13-14-20-17-23(29(7,8)9)26(32)24(18-20)30(10,11)12/h13-17,24H,18H2,1-12H3/b20-14+. The van der Waals surface area contributed by atoms with Gasteiger partial charge in [0.2, 0.25) is 0 Å². The Labute approximate surface area is 196 Å². The van der Waals surface area contributed by atoms with E-state index in [1.54, 1.807) is 0 Å². The molecule has 0 amide bonds. The Morgan fingerprint density at radius 2 is 1.09 bits per heavy atom. The molecule has 0 spiro atoms. The molecule has 2 heteroatoms. The second-order valence-corrected chi connectivity index (χ2v) is 13.6. The highest BCUT2D eigenvalue weighted by Gasteiger charge is 2.39. The average Bonchev–Trinajstić information content (AvgIpc) is 2.57. The van der Waals surface area contributed by atoms with E-state index in [1.165, 1.54) is 5.57 Å². The summed E-state index contributed by atoms with van der Waals surface area (Å²) in [6, 6.07) is 0. The van der Waals surface area contributed by atoms with Crippen molar-refractivity contribution in [2.45, 2.75) is 89.5 Å². The van der Waals surface area contributed by atoms with E-state index in [0.717, 1.165) is 28.7 Å². The number of Topliss-reactive ketones (excluding diaryl/α,β-unsaturated/α-hetero) is 2. The molecular weight excluding hydrogens is 392 g/mol. The maximum atomic E-state index is 13.2. The summed E-state index contributed by atoms with van der Waals surface area (Å²) in [7, 11) is 0. The zero-order chi connectivity index (χ0) is 24.9. The van der Waals surface area contributed by atoms with Crippen molar-refractivity contribution in [2.75, 3.05) is 0 Å². The minimum atomic E-state index is -0.220. The minimum Gasteiger partial charge on any atom is -0.294 e. The number of hydrogen-bond acceptors (Lipinski definition) is 2. The van der Waals surface area contributed by atoms with Crippen LogP contribution >= 0.6 is 0 Å². The molecule has 0 saturated carbocycles. The number of rotatable bonds is 1. The molecule has 0 N–H and O–H groups in total. The van der Waals surface area contributed by atoms with Gasteiger partial charge in [-0.15, -0.1) is 0 Å². The molecular formula is C30H44O2. The van der Waals surface area contributed by atoms with Crippen LogP contribution in [0.2, 0.25) is 0 Å². The molecule has 0 saturated heterocycles. The maximum Gasteiger partial charge on any atom is 0.186 e. The summed E-state index contributed by atoms with van der Waals surface area (Å²) in [4.78, 5) is 26.4. The number of allylic oxidation sites excluding steroid dienone is 10. The maximum absolute atomic E-state index is 13.2. The van der Waals surface area contributed by atoms with Crippen LogP contribution in [0.3, 0.4) is 0 Å². The van der Waals surface area contributed by atoms with Crippen LogP contribution in [-0.2, 0) is 9.59 Å². The zero-order valence-electron chi connectivity index (χ0n) is 22.5. The monoisotopic (exact) mass is 436 g/mol. The quantitative estimate of drug-likeness (QED) is 0.417. The lowest BCUT2D eigenvalue weighted by Gasteiger charge is -2.37. The van der Waals surface area contributed by atoms with Crippen molar-refractivity contribution in [2.24, 2.45) is 27.6 Å².